The summed E-state index contributed by atoms with van der Waals surface area (Å²) in [5.41, 5.74) is 0. The number of hydrogen-bond acceptors (Lipinski definition) is 5. The molecule has 0 aromatic rings. The number of esters is 1. The van der Waals surface area contributed by atoms with E-state index in [0.717, 1.165) is 44.9 Å². The van der Waals surface area contributed by atoms with Gasteiger partial charge in [-0.2, -0.15) is 0 Å². The van der Waals surface area contributed by atoms with Gasteiger partial charge in [0.15, 0.2) is 0 Å². The first kappa shape index (κ1) is 60.6. The highest BCUT2D eigenvalue weighted by Crippen LogP contribution is 2.17. The molecule has 0 radical (unpaired) electrons. The maximum absolute atomic E-state index is 12.4. The van der Waals surface area contributed by atoms with Crippen LogP contribution >= 0.6 is 0 Å². The van der Waals surface area contributed by atoms with E-state index < -0.39 is 12.1 Å². The lowest BCUT2D eigenvalue weighted by atomic mass is 10.0. The minimum absolute atomic E-state index is 0.00332. The number of carbonyl (C=O) groups is 2. The normalized spacial score (nSPS) is 12.6. The molecule has 6 heteroatoms. The first-order valence-electron chi connectivity index (χ1n) is 28.0. The summed E-state index contributed by atoms with van der Waals surface area (Å²) >= 11 is 0. The number of rotatable bonds is 52. The zero-order valence-electron chi connectivity index (χ0n) is 41.9. The van der Waals surface area contributed by atoms with E-state index in [4.69, 9.17) is 4.74 Å². The molecule has 0 aromatic heterocycles. The molecule has 1 amide bonds. The molecule has 2 unspecified atom stereocenters. The van der Waals surface area contributed by atoms with Crippen molar-refractivity contribution >= 4 is 11.9 Å². The van der Waals surface area contributed by atoms with Crippen LogP contribution in [0.4, 0.5) is 0 Å². The van der Waals surface area contributed by atoms with Gasteiger partial charge in [0, 0.05) is 12.8 Å². The molecule has 2 atom stereocenters. The Morgan fingerprint density at radius 1 is 0.435 bits per heavy atom. The maximum Gasteiger partial charge on any atom is 0.305 e. The summed E-state index contributed by atoms with van der Waals surface area (Å²) in [5.74, 6) is -0.0717. The van der Waals surface area contributed by atoms with Crippen LogP contribution in [0.5, 0.6) is 0 Å². The molecule has 368 valence electrons. The summed E-state index contributed by atoms with van der Waals surface area (Å²) < 4.78 is 5.48. The van der Waals surface area contributed by atoms with E-state index in [1.54, 1.807) is 6.08 Å². The third-order valence-corrected chi connectivity index (χ3v) is 13.1. The van der Waals surface area contributed by atoms with Crippen LogP contribution in [0.2, 0.25) is 0 Å². The molecule has 0 heterocycles. The average molecular weight is 876 g/mol. The van der Waals surface area contributed by atoms with Crippen molar-refractivity contribution in [2.24, 2.45) is 0 Å². The van der Waals surface area contributed by atoms with Gasteiger partial charge in [0.1, 0.15) is 0 Å². The Balaban J connectivity index is 3.43. The third kappa shape index (κ3) is 48.1. The van der Waals surface area contributed by atoms with Crippen molar-refractivity contribution in [3.8, 4) is 0 Å². The summed E-state index contributed by atoms with van der Waals surface area (Å²) in [6.07, 6.45) is 60.8. The molecule has 0 saturated carbocycles. The van der Waals surface area contributed by atoms with Gasteiger partial charge in [-0.25, -0.2) is 0 Å². The standard InChI is InChI=1S/C56H109NO5/c1-3-5-7-9-11-13-15-17-19-22-26-30-34-38-42-46-50-56(61)62-51-47-43-39-35-31-27-23-20-21-25-29-33-37-41-45-49-55(60)57-53(52-58)54(59)48-44-40-36-32-28-24-18-16-14-12-10-8-6-4-2/h44,48,53-54,58-59H,3-43,45-47,49-52H2,1-2H3,(H,57,60)/b48-44+. The van der Waals surface area contributed by atoms with Crippen LogP contribution in [0.15, 0.2) is 12.2 Å². The number of unbranched alkanes of at least 4 members (excludes halogenated alkanes) is 41. The lowest BCUT2D eigenvalue weighted by Gasteiger charge is -2.20. The highest BCUT2D eigenvalue weighted by atomic mass is 16.5. The fourth-order valence-electron chi connectivity index (χ4n) is 8.75. The summed E-state index contributed by atoms with van der Waals surface area (Å²) in [7, 11) is 0. The van der Waals surface area contributed by atoms with Crippen molar-refractivity contribution in [1.29, 1.82) is 0 Å². The van der Waals surface area contributed by atoms with Crippen molar-refractivity contribution in [2.45, 2.75) is 321 Å². The van der Waals surface area contributed by atoms with E-state index >= 15 is 0 Å². The first-order chi connectivity index (χ1) is 30.5. The van der Waals surface area contributed by atoms with Gasteiger partial charge in [-0.1, -0.05) is 276 Å². The van der Waals surface area contributed by atoms with Gasteiger partial charge >= 0.3 is 5.97 Å². The van der Waals surface area contributed by atoms with Crippen molar-refractivity contribution in [3.63, 3.8) is 0 Å². The maximum atomic E-state index is 12.4. The monoisotopic (exact) mass is 876 g/mol. The van der Waals surface area contributed by atoms with Crippen LogP contribution in [0.1, 0.15) is 309 Å². The van der Waals surface area contributed by atoms with Crippen LogP contribution in [-0.4, -0.2) is 47.4 Å². The second-order valence-electron chi connectivity index (χ2n) is 19.3. The number of aliphatic hydroxyl groups excluding tert-OH is 2. The fourth-order valence-corrected chi connectivity index (χ4v) is 8.75. The van der Waals surface area contributed by atoms with Crippen LogP contribution in [0, 0.1) is 0 Å². The zero-order chi connectivity index (χ0) is 45.1. The minimum atomic E-state index is -0.848. The first-order valence-corrected chi connectivity index (χ1v) is 28.0. The van der Waals surface area contributed by atoms with E-state index in [-0.39, 0.29) is 18.5 Å². The molecule has 0 fully saturated rings. The van der Waals surface area contributed by atoms with Gasteiger partial charge in [-0.05, 0) is 32.1 Å². The lowest BCUT2D eigenvalue weighted by molar-refractivity contribution is -0.143. The Morgan fingerprint density at radius 2 is 0.742 bits per heavy atom. The van der Waals surface area contributed by atoms with Crippen molar-refractivity contribution in [1.82, 2.24) is 5.32 Å². The minimum Gasteiger partial charge on any atom is -0.466 e. The Kier molecular flexibility index (Phi) is 51.0. The molecule has 0 saturated heterocycles. The van der Waals surface area contributed by atoms with E-state index in [9.17, 15) is 19.8 Å². The summed E-state index contributed by atoms with van der Waals surface area (Å²) in [6, 6.07) is -0.632. The molecule has 0 aliphatic heterocycles. The predicted octanol–water partition coefficient (Wildman–Crippen LogP) is 16.9. The molecule has 0 aliphatic rings. The summed E-state index contributed by atoms with van der Waals surface area (Å²) in [5, 5.41) is 23.1. The topological polar surface area (TPSA) is 95.9 Å². The second-order valence-corrected chi connectivity index (χ2v) is 19.3. The molecule has 3 N–H and O–H groups in total. The van der Waals surface area contributed by atoms with Gasteiger partial charge < -0.3 is 20.3 Å². The molecular formula is C56H109NO5. The molecule has 0 aromatic carbocycles. The van der Waals surface area contributed by atoms with Crippen molar-refractivity contribution < 1.29 is 24.5 Å². The van der Waals surface area contributed by atoms with Crippen molar-refractivity contribution in [2.75, 3.05) is 13.2 Å². The Bertz CT molecular complexity index is 924. The molecule has 0 spiro atoms. The van der Waals surface area contributed by atoms with Crippen LogP contribution in [0.25, 0.3) is 0 Å². The summed E-state index contributed by atoms with van der Waals surface area (Å²) in [4.78, 5) is 24.5. The lowest BCUT2D eigenvalue weighted by Crippen LogP contribution is -2.45. The van der Waals surface area contributed by atoms with E-state index in [1.807, 2.05) is 6.08 Å². The number of allylic oxidation sites excluding steroid dienone is 1. The highest BCUT2D eigenvalue weighted by Gasteiger charge is 2.18. The SMILES string of the molecule is CCCCCCCCCCCCCC/C=C/C(O)C(CO)NC(=O)CCCCCCCCCCCCCCCCCOC(=O)CCCCCCCCCCCCCCCCCC. The molecule has 62 heavy (non-hydrogen) atoms. The van der Waals surface area contributed by atoms with E-state index in [1.165, 1.54) is 238 Å². The number of amides is 1. The number of aliphatic hydroxyl groups is 2. The number of nitrogens with one attached hydrogen (secondary N) is 1. The number of hydrogen-bond donors (Lipinski definition) is 3. The van der Waals surface area contributed by atoms with Gasteiger partial charge in [0.25, 0.3) is 0 Å². The molecule has 0 bridgehead atoms. The average Bonchev–Trinajstić information content (AvgIpc) is 3.27. The predicted molar refractivity (Wildman–Crippen MR) is 269 cm³/mol. The second kappa shape index (κ2) is 52.2. The van der Waals surface area contributed by atoms with E-state index in [2.05, 4.69) is 19.2 Å². The van der Waals surface area contributed by atoms with Crippen molar-refractivity contribution in [3.05, 3.63) is 12.2 Å². The highest BCUT2D eigenvalue weighted by molar-refractivity contribution is 5.76. The Labute approximate surface area is 387 Å². The van der Waals surface area contributed by atoms with Gasteiger partial charge in [-0.15, -0.1) is 0 Å². The zero-order valence-corrected chi connectivity index (χ0v) is 41.9. The molecule has 6 nitrogen and oxygen atoms in total. The number of carbonyl (C=O) groups excluding carboxylic acids is 2. The quantitative estimate of drug-likeness (QED) is 0.0321. The van der Waals surface area contributed by atoms with Gasteiger partial charge in [-0.3, -0.25) is 9.59 Å². The van der Waals surface area contributed by atoms with Gasteiger partial charge in [0.2, 0.25) is 5.91 Å². The molecule has 0 rings (SSSR count). The molecule has 0 aliphatic carbocycles. The smallest absolute Gasteiger partial charge is 0.305 e. The van der Waals surface area contributed by atoms with Crippen LogP contribution in [0.3, 0.4) is 0 Å². The molecular weight excluding hydrogens is 767 g/mol. The van der Waals surface area contributed by atoms with Gasteiger partial charge in [0.05, 0.1) is 25.4 Å². The summed E-state index contributed by atoms with van der Waals surface area (Å²) in [6.45, 7) is 4.90. The third-order valence-electron chi connectivity index (χ3n) is 13.1. The number of ether oxygens (including phenoxy) is 1. The van der Waals surface area contributed by atoms with Crippen LogP contribution in [-0.2, 0) is 14.3 Å². The Morgan fingerprint density at radius 3 is 1.10 bits per heavy atom. The fraction of sp³-hybridized carbons (Fsp3) is 0.929. The van der Waals surface area contributed by atoms with E-state index in [0.29, 0.717) is 19.4 Å². The largest absolute Gasteiger partial charge is 0.466 e. The van der Waals surface area contributed by atoms with Crippen LogP contribution < -0.4 is 5.32 Å². The Hall–Kier alpha value is -1.40.